The fraction of sp³-hybridized carbons (Fsp3) is 0.588. The number of halogens is 3. The molecule has 1 N–H and O–H groups in total. The number of carbonyl (C=O) groups excluding carboxylic acids is 2. The zero-order chi connectivity index (χ0) is 34.1. The number of hydrogen-bond acceptors (Lipinski definition) is 6. The first-order valence-electron chi connectivity index (χ1n) is 15.4. The lowest BCUT2D eigenvalue weighted by atomic mass is 10.1. The van der Waals surface area contributed by atoms with Crippen LogP contribution in [0.1, 0.15) is 66.5 Å². The lowest BCUT2D eigenvalue weighted by Crippen LogP contribution is -2.54. The molecule has 2 aromatic rings. The molecule has 0 spiro atoms. The fourth-order valence-electron chi connectivity index (χ4n) is 4.67. The highest BCUT2D eigenvalue weighted by Crippen LogP contribution is 2.26. The molecule has 0 bridgehead atoms. The molecule has 0 unspecified atom stereocenters. The van der Waals surface area contributed by atoms with Gasteiger partial charge in [-0.3, -0.25) is 0 Å². The Hall–Kier alpha value is -2.20. The Morgan fingerprint density at radius 2 is 1.31 bits per heavy atom. The molecule has 0 aliphatic carbocycles. The molecule has 2 aliphatic heterocycles. The average Bonchev–Trinajstić information content (AvgIpc) is 2.91. The third-order valence-corrected chi connectivity index (χ3v) is 8.23. The van der Waals surface area contributed by atoms with Gasteiger partial charge < -0.3 is 29.5 Å². The molecular formula is C34H51BrCl2N4O4. The highest BCUT2D eigenvalue weighted by Gasteiger charge is 2.30. The number of amides is 2. The molecule has 2 atom stereocenters. The van der Waals surface area contributed by atoms with Gasteiger partial charge in [0.1, 0.15) is 11.2 Å². The molecule has 8 nitrogen and oxygen atoms in total. The number of carbonyl (C=O) groups is 2. The standard InChI is InChI=1S/C17H25ClN2O2.C10H20N2O2.C7H6BrCl/c1-12-10-14(6-7-15(12)18)20-9-8-19(11-13(20)2)16(21)22-17(3,4)5;1-8-7-12(6-5-11-8)9(13)14-10(2,3)4;1-5-4-6(8)2-3-7(5)9/h6-7,10,13H,8-9,11H2,1-5H3;8,11H,5-7H2,1-4H3;2-4H,1H3/t13-;8-;/m11./s1. The van der Waals surface area contributed by atoms with Gasteiger partial charge in [-0.2, -0.15) is 0 Å². The van der Waals surface area contributed by atoms with Gasteiger partial charge in [0, 0.05) is 71.6 Å². The monoisotopic (exact) mass is 728 g/mol. The summed E-state index contributed by atoms with van der Waals surface area (Å²) in [4.78, 5) is 29.7. The van der Waals surface area contributed by atoms with E-state index in [1.165, 1.54) is 0 Å². The maximum Gasteiger partial charge on any atom is 0.410 e. The smallest absolute Gasteiger partial charge is 0.410 e. The van der Waals surface area contributed by atoms with Gasteiger partial charge in [0.05, 0.1) is 0 Å². The molecule has 11 heteroatoms. The van der Waals surface area contributed by atoms with Crippen LogP contribution in [0.3, 0.4) is 0 Å². The van der Waals surface area contributed by atoms with E-state index in [0.717, 1.165) is 57.5 Å². The maximum absolute atomic E-state index is 12.2. The van der Waals surface area contributed by atoms with Crippen LogP contribution in [-0.2, 0) is 9.47 Å². The minimum absolute atomic E-state index is 0.203. The van der Waals surface area contributed by atoms with Crippen LogP contribution in [0.15, 0.2) is 40.9 Å². The Labute approximate surface area is 288 Å². The first kappa shape index (κ1) is 39.0. The van der Waals surface area contributed by atoms with Crippen molar-refractivity contribution in [2.45, 2.75) is 92.5 Å². The molecule has 2 aromatic carbocycles. The summed E-state index contributed by atoms with van der Waals surface area (Å²) in [5, 5.41) is 4.88. The molecule has 252 valence electrons. The first-order valence-corrected chi connectivity index (χ1v) is 16.9. The van der Waals surface area contributed by atoms with Gasteiger partial charge in [0.2, 0.25) is 0 Å². The van der Waals surface area contributed by atoms with E-state index in [1.807, 2.05) is 85.7 Å². The van der Waals surface area contributed by atoms with Crippen molar-refractivity contribution in [3.63, 3.8) is 0 Å². The van der Waals surface area contributed by atoms with Crippen LogP contribution in [0.4, 0.5) is 15.3 Å². The van der Waals surface area contributed by atoms with Gasteiger partial charge in [-0.1, -0.05) is 39.1 Å². The second-order valence-electron chi connectivity index (χ2n) is 13.6. The zero-order valence-electron chi connectivity index (χ0n) is 28.5. The Balaban J connectivity index is 0.000000261. The summed E-state index contributed by atoms with van der Waals surface area (Å²) in [6, 6.07) is 12.5. The molecule has 0 aromatic heterocycles. The van der Waals surface area contributed by atoms with Crippen LogP contribution in [0.2, 0.25) is 10.0 Å². The van der Waals surface area contributed by atoms with Gasteiger partial charge in [0.15, 0.2) is 0 Å². The number of benzene rings is 2. The number of nitrogens with one attached hydrogen (secondary N) is 1. The number of ether oxygens (including phenoxy) is 2. The van der Waals surface area contributed by atoms with E-state index in [9.17, 15) is 9.59 Å². The third-order valence-electron chi connectivity index (χ3n) is 6.89. The summed E-state index contributed by atoms with van der Waals surface area (Å²) in [7, 11) is 0. The van der Waals surface area contributed by atoms with Gasteiger partial charge in [-0.15, -0.1) is 0 Å². The normalized spacial score (nSPS) is 18.6. The van der Waals surface area contributed by atoms with E-state index in [0.29, 0.717) is 19.1 Å². The van der Waals surface area contributed by atoms with Crippen molar-refractivity contribution in [1.29, 1.82) is 0 Å². The summed E-state index contributed by atoms with van der Waals surface area (Å²) < 4.78 is 11.8. The van der Waals surface area contributed by atoms with Crippen molar-refractivity contribution in [3.8, 4) is 0 Å². The van der Waals surface area contributed by atoms with Crippen molar-refractivity contribution in [1.82, 2.24) is 15.1 Å². The average molecular weight is 731 g/mol. The summed E-state index contributed by atoms with van der Waals surface area (Å²) >= 11 is 15.2. The quantitative estimate of drug-likeness (QED) is 0.317. The van der Waals surface area contributed by atoms with Crippen LogP contribution in [0.5, 0.6) is 0 Å². The Kier molecular flexibility index (Phi) is 14.8. The number of rotatable bonds is 1. The summed E-state index contributed by atoms with van der Waals surface area (Å²) in [6.45, 7) is 23.9. The van der Waals surface area contributed by atoms with Gasteiger partial charge in [-0.05, 0) is 117 Å². The largest absolute Gasteiger partial charge is 0.444 e. The van der Waals surface area contributed by atoms with E-state index in [2.05, 4.69) is 46.1 Å². The zero-order valence-corrected chi connectivity index (χ0v) is 31.6. The van der Waals surface area contributed by atoms with Crippen molar-refractivity contribution in [2.75, 3.05) is 44.2 Å². The molecule has 2 saturated heterocycles. The molecule has 2 aliphatic rings. The van der Waals surface area contributed by atoms with Crippen LogP contribution in [-0.4, -0.2) is 84.5 Å². The van der Waals surface area contributed by atoms with Crippen molar-refractivity contribution in [3.05, 3.63) is 62.0 Å². The SMILES string of the molecule is C[C@@H]1CN(C(=O)OC(C)(C)C)CCN1.Cc1cc(Br)ccc1Cl.Cc1cc(N2CCN(C(=O)OC(C)(C)C)C[C@H]2C)ccc1Cl. The molecule has 0 radical (unpaired) electrons. The second kappa shape index (κ2) is 17.1. The minimum atomic E-state index is -0.454. The number of hydrogen-bond donors (Lipinski definition) is 1. The summed E-state index contributed by atoms with van der Waals surface area (Å²) in [5.41, 5.74) is 2.47. The summed E-state index contributed by atoms with van der Waals surface area (Å²) in [6.07, 6.45) is -0.433. The fourth-order valence-corrected chi connectivity index (χ4v) is 5.38. The Morgan fingerprint density at radius 3 is 1.76 bits per heavy atom. The molecule has 0 saturated carbocycles. The van der Waals surface area contributed by atoms with Crippen molar-refractivity contribution >= 4 is 57.0 Å². The lowest BCUT2D eigenvalue weighted by molar-refractivity contribution is 0.0197. The van der Waals surface area contributed by atoms with E-state index >= 15 is 0 Å². The van der Waals surface area contributed by atoms with Gasteiger partial charge in [0.25, 0.3) is 0 Å². The number of anilines is 1. The number of piperazine rings is 2. The van der Waals surface area contributed by atoms with Crippen molar-refractivity contribution in [2.24, 2.45) is 0 Å². The molecule has 2 amide bonds. The highest BCUT2D eigenvalue weighted by atomic mass is 79.9. The Morgan fingerprint density at radius 1 is 0.800 bits per heavy atom. The number of aryl methyl sites for hydroxylation is 2. The molecule has 45 heavy (non-hydrogen) atoms. The van der Waals surface area contributed by atoms with E-state index in [4.69, 9.17) is 32.7 Å². The predicted octanol–water partition coefficient (Wildman–Crippen LogP) is 8.72. The van der Waals surface area contributed by atoms with Crippen LogP contribution in [0, 0.1) is 13.8 Å². The van der Waals surface area contributed by atoms with Crippen LogP contribution < -0.4 is 10.2 Å². The van der Waals surface area contributed by atoms with Gasteiger partial charge >= 0.3 is 12.2 Å². The maximum atomic E-state index is 12.2. The minimum Gasteiger partial charge on any atom is -0.444 e. The number of nitrogens with zero attached hydrogens (tertiary/aromatic N) is 3. The molecular weight excluding hydrogens is 679 g/mol. The van der Waals surface area contributed by atoms with Crippen LogP contribution in [0.25, 0.3) is 0 Å². The van der Waals surface area contributed by atoms with Crippen LogP contribution >= 0.6 is 39.1 Å². The molecule has 2 heterocycles. The predicted molar refractivity (Wildman–Crippen MR) is 190 cm³/mol. The van der Waals surface area contributed by atoms with E-state index in [1.54, 1.807) is 9.80 Å². The highest BCUT2D eigenvalue weighted by molar-refractivity contribution is 9.10. The molecule has 4 rings (SSSR count). The van der Waals surface area contributed by atoms with E-state index in [-0.39, 0.29) is 18.2 Å². The third kappa shape index (κ3) is 14.0. The second-order valence-corrected chi connectivity index (χ2v) is 15.3. The first-order chi connectivity index (χ1) is 20.8. The Bertz CT molecular complexity index is 1280. The lowest BCUT2D eigenvalue weighted by Gasteiger charge is -2.41. The van der Waals surface area contributed by atoms with Gasteiger partial charge in [-0.25, -0.2) is 9.59 Å². The van der Waals surface area contributed by atoms with Crippen molar-refractivity contribution < 1.29 is 19.1 Å². The van der Waals surface area contributed by atoms with E-state index < -0.39 is 11.2 Å². The summed E-state index contributed by atoms with van der Waals surface area (Å²) in [5.74, 6) is 0. The molecule has 2 fully saturated rings. The topological polar surface area (TPSA) is 74.4 Å².